The van der Waals surface area contributed by atoms with E-state index in [9.17, 15) is 30.8 Å². The Bertz CT molecular complexity index is 1850. The Morgan fingerprint density at radius 2 is 1.34 bits per heavy atom. The number of carbonyl (C=O) groups is 2. The molecule has 0 atom stereocenters. The molecule has 0 unspecified atom stereocenters. The largest absolute Gasteiger partial charge is 0.280 e. The summed E-state index contributed by atoms with van der Waals surface area (Å²) in [7, 11) is -8.31. The van der Waals surface area contributed by atoms with Gasteiger partial charge in [-0.1, -0.05) is 35.9 Å². The van der Waals surface area contributed by atoms with Gasteiger partial charge in [-0.2, -0.15) is 0 Å². The third-order valence-corrected chi connectivity index (χ3v) is 8.67. The number of halogens is 2. The van der Waals surface area contributed by atoms with Crippen LogP contribution in [0.15, 0.2) is 101 Å². The molecule has 2 amide bonds. The molecule has 0 aliphatic heterocycles. The Balaban J connectivity index is 1.46. The fourth-order valence-electron chi connectivity index (χ4n) is 3.55. The quantitative estimate of drug-likeness (QED) is 0.215. The molecule has 41 heavy (non-hydrogen) atoms. The molecule has 0 heterocycles. The van der Waals surface area contributed by atoms with Crippen LogP contribution in [0.1, 0.15) is 26.3 Å². The number of hydrogen-bond acceptors (Lipinski definition) is 6. The van der Waals surface area contributed by atoms with Crippen molar-refractivity contribution in [1.82, 2.24) is 10.9 Å². The molecule has 4 aromatic carbocycles. The number of rotatable bonds is 8. The SMILES string of the molecule is Cc1ccc(S(=O)(=O)Nc2ccccc2F)cc1C(=O)NNC(=O)c1cccc(S(=O)(=O)Nc2ccc(Cl)cc2)c1. The lowest BCUT2D eigenvalue weighted by Gasteiger charge is -2.13. The molecule has 0 aromatic heterocycles. The zero-order valence-electron chi connectivity index (χ0n) is 21.2. The van der Waals surface area contributed by atoms with E-state index in [0.29, 0.717) is 10.6 Å². The first-order valence-electron chi connectivity index (χ1n) is 11.7. The highest BCUT2D eigenvalue weighted by molar-refractivity contribution is 7.93. The second-order valence-corrected chi connectivity index (χ2v) is 12.4. The van der Waals surface area contributed by atoms with Crippen molar-refractivity contribution in [2.75, 3.05) is 9.44 Å². The van der Waals surface area contributed by atoms with Crippen molar-refractivity contribution < 1.29 is 30.8 Å². The summed E-state index contributed by atoms with van der Waals surface area (Å²) in [5, 5.41) is 0.427. The zero-order chi connectivity index (χ0) is 29.8. The third-order valence-electron chi connectivity index (χ3n) is 5.67. The summed E-state index contributed by atoms with van der Waals surface area (Å²) in [4.78, 5) is 25.0. The van der Waals surface area contributed by atoms with Gasteiger partial charge in [0.25, 0.3) is 31.9 Å². The van der Waals surface area contributed by atoms with E-state index < -0.39 is 37.7 Å². The summed E-state index contributed by atoms with van der Waals surface area (Å²) in [6.07, 6.45) is 0. The van der Waals surface area contributed by atoms with E-state index in [4.69, 9.17) is 11.6 Å². The highest BCUT2D eigenvalue weighted by atomic mass is 35.5. The lowest BCUT2D eigenvalue weighted by molar-refractivity contribution is 0.0846. The minimum absolute atomic E-state index is 0.0774. The summed E-state index contributed by atoms with van der Waals surface area (Å²) < 4.78 is 69.6. The minimum atomic E-state index is -4.25. The molecule has 14 heteroatoms. The number of carbonyl (C=O) groups excluding carboxylic acids is 2. The van der Waals surface area contributed by atoms with E-state index in [0.717, 1.165) is 18.2 Å². The van der Waals surface area contributed by atoms with Crippen LogP contribution in [0.4, 0.5) is 15.8 Å². The van der Waals surface area contributed by atoms with Gasteiger partial charge in [-0.25, -0.2) is 21.2 Å². The fraction of sp³-hybridized carbons (Fsp3) is 0.0370. The van der Waals surface area contributed by atoms with Crippen molar-refractivity contribution in [3.8, 4) is 0 Å². The Kier molecular flexibility index (Phi) is 8.61. The Morgan fingerprint density at radius 1 is 0.707 bits per heavy atom. The van der Waals surface area contributed by atoms with Gasteiger partial charge in [0, 0.05) is 21.8 Å². The van der Waals surface area contributed by atoms with Gasteiger partial charge in [0.05, 0.1) is 15.5 Å². The smallest absolute Gasteiger partial charge is 0.270 e. The predicted molar refractivity (Wildman–Crippen MR) is 152 cm³/mol. The van der Waals surface area contributed by atoms with E-state index in [-0.39, 0.29) is 32.3 Å². The van der Waals surface area contributed by atoms with E-state index in [1.807, 2.05) is 0 Å². The van der Waals surface area contributed by atoms with E-state index in [1.54, 1.807) is 6.92 Å². The van der Waals surface area contributed by atoms with Crippen LogP contribution < -0.4 is 20.3 Å². The first kappa shape index (κ1) is 29.5. The molecule has 0 bridgehead atoms. The predicted octanol–water partition coefficient (Wildman–Crippen LogP) is 4.46. The number of hydrogen-bond donors (Lipinski definition) is 4. The highest BCUT2D eigenvalue weighted by Gasteiger charge is 2.21. The van der Waals surface area contributed by atoms with Crippen LogP contribution in [0.5, 0.6) is 0 Å². The van der Waals surface area contributed by atoms with Crippen LogP contribution in [-0.2, 0) is 20.0 Å². The maximum absolute atomic E-state index is 14.0. The lowest BCUT2D eigenvalue weighted by atomic mass is 10.1. The van der Waals surface area contributed by atoms with Crippen molar-refractivity contribution in [3.63, 3.8) is 0 Å². The van der Waals surface area contributed by atoms with Crippen LogP contribution in [0, 0.1) is 12.7 Å². The van der Waals surface area contributed by atoms with Gasteiger partial charge in [0.2, 0.25) is 0 Å². The molecule has 10 nitrogen and oxygen atoms in total. The molecule has 4 rings (SSSR count). The molecule has 4 aromatic rings. The Morgan fingerprint density at radius 3 is 2.05 bits per heavy atom. The fourth-order valence-corrected chi connectivity index (χ4v) is 5.87. The maximum Gasteiger partial charge on any atom is 0.270 e. The number of anilines is 2. The summed E-state index contributed by atoms with van der Waals surface area (Å²) in [5.41, 5.74) is 4.60. The van der Waals surface area contributed by atoms with Crippen LogP contribution in [0.3, 0.4) is 0 Å². The summed E-state index contributed by atoms with van der Waals surface area (Å²) in [6.45, 7) is 1.56. The van der Waals surface area contributed by atoms with Crippen LogP contribution in [0.2, 0.25) is 5.02 Å². The number of benzene rings is 4. The molecule has 0 aliphatic carbocycles. The average molecular weight is 617 g/mol. The van der Waals surface area contributed by atoms with Crippen molar-refractivity contribution >= 4 is 54.8 Å². The Labute approximate surface area is 240 Å². The molecule has 0 spiro atoms. The normalized spacial score (nSPS) is 11.4. The van der Waals surface area contributed by atoms with Gasteiger partial charge in [-0.15, -0.1) is 0 Å². The van der Waals surface area contributed by atoms with Crippen molar-refractivity contribution in [2.45, 2.75) is 16.7 Å². The second-order valence-electron chi connectivity index (χ2n) is 8.61. The van der Waals surface area contributed by atoms with Crippen molar-refractivity contribution in [2.24, 2.45) is 0 Å². The third kappa shape index (κ3) is 7.20. The van der Waals surface area contributed by atoms with Gasteiger partial charge in [-0.05, 0) is 79.2 Å². The standard InChI is InChI=1S/C27H22ClFN4O6S2/c1-17-9-14-22(41(38,39)33-25-8-3-2-7-24(25)29)16-23(17)27(35)31-30-26(34)18-5-4-6-21(15-18)40(36,37)32-20-12-10-19(28)11-13-20/h2-16,32-33H,1H3,(H,30,34)(H,31,35). The van der Waals surface area contributed by atoms with E-state index in [2.05, 4.69) is 20.3 Å². The molecule has 0 fully saturated rings. The molecule has 0 saturated carbocycles. The van der Waals surface area contributed by atoms with Crippen LogP contribution >= 0.6 is 11.6 Å². The average Bonchev–Trinajstić information content (AvgIpc) is 2.94. The zero-order valence-corrected chi connectivity index (χ0v) is 23.6. The van der Waals surface area contributed by atoms with Gasteiger partial charge >= 0.3 is 0 Å². The molecule has 0 saturated heterocycles. The maximum atomic E-state index is 14.0. The first-order chi connectivity index (χ1) is 19.4. The van der Waals surface area contributed by atoms with Crippen molar-refractivity contribution in [3.05, 3.63) is 119 Å². The van der Waals surface area contributed by atoms with Gasteiger partial charge in [0.1, 0.15) is 5.82 Å². The lowest BCUT2D eigenvalue weighted by Crippen LogP contribution is -2.42. The number of sulfonamides is 2. The first-order valence-corrected chi connectivity index (χ1v) is 15.1. The molecular formula is C27H22ClFN4O6S2. The summed E-state index contributed by atoms with van der Waals surface area (Å²) >= 11 is 5.82. The van der Waals surface area contributed by atoms with Gasteiger partial charge in [-0.3, -0.25) is 29.9 Å². The number of aryl methyl sites for hydroxylation is 1. The Hall–Kier alpha value is -4.46. The van der Waals surface area contributed by atoms with Gasteiger partial charge < -0.3 is 0 Å². The molecule has 0 radical (unpaired) electrons. The van der Waals surface area contributed by atoms with E-state index >= 15 is 0 Å². The highest BCUT2D eigenvalue weighted by Crippen LogP contribution is 2.22. The van der Waals surface area contributed by atoms with Crippen LogP contribution in [0.25, 0.3) is 0 Å². The number of nitrogens with one attached hydrogen (secondary N) is 4. The van der Waals surface area contributed by atoms with Crippen LogP contribution in [-0.4, -0.2) is 28.6 Å². The molecule has 4 N–H and O–H groups in total. The molecule has 0 aliphatic rings. The number of amides is 2. The number of para-hydroxylation sites is 1. The van der Waals surface area contributed by atoms with E-state index in [1.165, 1.54) is 72.8 Å². The summed E-state index contributed by atoms with van der Waals surface area (Å²) in [6, 6.07) is 20.0. The molecular weight excluding hydrogens is 595 g/mol. The summed E-state index contributed by atoms with van der Waals surface area (Å²) in [5.74, 6) is -2.45. The van der Waals surface area contributed by atoms with Gasteiger partial charge in [0.15, 0.2) is 0 Å². The molecule has 212 valence electrons. The monoisotopic (exact) mass is 616 g/mol. The minimum Gasteiger partial charge on any atom is -0.280 e. The number of hydrazine groups is 1. The van der Waals surface area contributed by atoms with Crippen molar-refractivity contribution in [1.29, 1.82) is 0 Å². The topological polar surface area (TPSA) is 151 Å². The second kappa shape index (κ2) is 12.0.